The van der Waals surface area contributed by atoms with Gasteiger partial charge in [0.25, 0.3) is 5.91 Å². The van der Waals surface area contributed by atoms with E-state index >= 15 is 0 Å². The molecule has 0 N–H and O–H groups in total. The van der Waals surface area contributed by atoms with E-state index in [1.807, 2.05) is 41.3 Å². The number of piperazine rings is 1. The molecule has 0 unspecified atom stereocenters. The fourth-order valence-corrected chi connectivity index (χ4v) is 6.68. The van der Waals surface area contributed by atoms with Gasteiger partial charge in [0.2, 0.25) is 0 Å². The van der Waals surface area contributed by atoms with Gasteiger partial charge in [-0.2, -0.15) is 0 Å². The normalized spacial score (nSPS) is 14.9. The van der Waals surface area contributed by atoms with Crippen LogP contribution in [-0.4, -0.2) is 46.9 Å². The van der Waals surface area contributed by atoms with Gasteiger partial charge in [0.15, 0.2) is 0 Å². The topological polar surface area (TPSA) is 36.4 Å². The van der Waals surface area contributed by atoms with Crippen molar-refractivity contribution in [1.29, 1.82) is 0 Å². The molecular formula is C23H18Cl3N3OS2. The van der Waals surface area contributed by atoms with Gasteiger partial charge in [0.05, 0.1) is 15.7 Å². The van der Waals surface area contributed by atoms with E-state index in [0.29, 0.717) is 33.0 Å². The number of hydrogen-bond acceptors (Lipinski definition) is 5. The summed E-state index contributed by atoms with van der Waals surface area (Å²) in [6.07, 6.45) is 0. The molecule has 3 heterocycles. The lowest BCUT2D eigenvalue weighted by atomic mass is 10.2. The van der Waals surface area contributed by atoms with Gasteiger partial charge in [-0.25, -0.2) is 4.98 Å². The fourth-order valence-electron chi connectivity index (χ4n) is 3.80. The Labute approximate surface area is 209 Å². The van der Waals surface area contributed by atoms with Crippen molar-refractivity contribution in [2.75, 3.05) is 26.2 Å². The molecular weight excluding hydrogens is 505 g/mol. The van der Waals surface area contributed by atoms with Crippen LogP contribution in [0.1, 0.15) is 15.4 Å². The number of rotatable bonds is 4. The summed E-state index contributed by atoms with van der Waals surface area (Å²) < 4.78 is 0.933. The Morgan fingerprint density at radius 1 is 1.03 bits per heavy atom. The Morgan fingerprint density at radius 2 is 1.81 bits per heavy atom. The quantitative estimate of drug-likeness (QED) is 0.291. The van der Waals surface area contributed by atoms with E-state index < -0.39 is 0 Å². The number of benzene rings is 2. The van der Waals surface area contributed by atoms with Crippen molar-refractivity contribution in [2.24, 2.45) is 0 Å². The van der Waals surface area contributed by atoms with E-state index in [1.165, 1.54) is 11.3 Å². The van der Waals surface area contributed by atoms with E-state index in [4.69, 9.17) is 39.8 Å². The predicted octanol–water partition coefficient (Wildman–Crippen LogP) is 6.94. The van der Waals surface area contributed by atoms with E-state index in [-0.39, 0.29) is 5.91 Å². The average Bonchev–Trinajstić information content (AvgIpc) is 3.38. The maximum atomic E-state index is 13.1. The molecule has 2 aromatic carbocycles. The second-order valence-corrected chi connectivity index (χ2v) is 10.7. The molecule has 0 spiro atoms. The lowest BCUT2D eigenvalue weighted by molar-refractivity contribution is 0.0632. The number of thiazole rings is 1. The number of thiophene rings is 1. The van der Waals surface area contributed by atoms with Gasteiger partial charge < -0.3 is 4.90 Å². The van der Waals surface area contributed by atoms with E-state index in [2.05, 4.69) is 10.3 Å². The molecule has 4 aromatic rings. The van der Waals surface area contributed by atoms with Crippen LogP contribution in [0.4, 0.5) is 0 Å². The number of aromatic nitrogens is 1. The van der Waals surface area contributed by atoms with Gasteiger partial charge in [-0.05, 0) is 18.2 Å². The fraction of sp³-hybridized carbons (Fsp3) is 0.217. The van der Waals surface area contributed by atoms with Crippen LogP contribution >= 0.6 is 57.5 Å². The Morgan fingerprint density at radius 3 is 2.59 bits per heavy atom. The van der Waals surface area contributed by atoms with Gasteiger partial charge in [0.1, 0.15) is 9.88 Å². The highest BCUT2D eigenvalue weighted by atomic mass is 35.5. The number of carbonyl (C=O) groups is 1. The number of hydrogen-bond donors (Lipinski definition) is 0. The zero-order valence-corrected chi connectivity index (χ0v) is 20.8. The molecule has 9 heteroatoms. The highest BCUT2D eigenvalue weighted by Gasteiger charge is 2.26. The maximum absolute atomic E-state index is 13.1. The minimum Gasteiger partial charge on any atom is -0.335 e. The molecule has 4 nitrogen and oxygen atoms in total. The number of carbonyl (C=O) groups excluding carboxylic acids is 1. The van der Waals surface area contributed by atoms with Crippen molar-refractivity contribution >= 4 is 73.5 Å². The molecule has 32 heavy (non-hydrogen) atoms. The molecule has 0 radical (unpaired) electrons. The summed E-state index contributed by atoms with van der Waals surface area (Å²) >= 11 is 21.9. The van der Waals surface area contributed by atoms with Crippen LogP contribution in [0.2, 0.25) is 15.1 Å². The number of fused-ring (bicyclic) bond motifs is 1. The first-order valence-electron chi connectivity index (χ1n) is 10.1. The van der Waals surface area contributed by atoms with Crippen molar-refractivity contribution in [2.45, 2.75) is 6.54 Å². The molecule has 164 valence electrons. The standard InChI is InChI=1S/C23H18Cl3N3OS2/c24-14-5-6-17-19(11-14)32-21(20(17)26)23(30)29-9-7-28(8-10-29)12-15-13-31-22(27-15)16-3-1-2-4-18(16)25/h1-6,11,13H,7-10,12H2. The highest BCUT2D eigenvalue weighted by molar-refractivity contribution is 7.21. The molecule has 0 bridgehead atoms. The van der Waals surface area contributed by atoms with Gasteiger partial charge in [0, 0.05) is 58.8 Å². The van der Waals surface area contributed by atoms with Gasteiger partial charge in [-0.1, -0.05) is 59.1 Å². The van der Waals surface area contributed by atoms with Crippen molar-refractivity contribution in [1.82, 2.24) is 14.8 Å². The third-order valence-electron chi connectivity index (χ3n) is 5.49. The first-order chi connectivity index (χ1) is 15.5. The Bertz CT molecular complexity index is 1290. The lowest BCUT2D eigenvalue weighted by Crippen LogP contribution is -2.48. The van der Waals surface area contributed by atoms with Crippen LogP contribution in [0, 0.1) is 0 Å². The van der Waals surface area contributed by atoms with Crippen molar-refractivity contribution in [3.63, 3.8) is 0 Å². The molecule has 0 atom stereocenters. The number of halogens is 3. The summed E-state index contributed by atoms with van der Waals surface area (Å²) in [5, 5.41) is 5.76. The highest BCUT2D eigenvalue weighted by Crippen LogP contribution is 2.37. The largest absolute Gasteiger partial charge is 0.335 e. The molecule has 1 aliphatic heterocycles. The molecule has 2 aromatic heterocycles. The number of amides is 1. The van der Waals surface area contributed by atoms with Crippen molar-refractivity contribution in [3.05, 3.63) is 73.5 Å². The predicted molar refractivity (Wildman–Crippen MR) is 136 cm³/mol. The smallest absolute Gasteiger partial charge is 0.265 e. The molecule has 1 fully saturated rings. The summed E-state index contributed by atoms with van der Waals surface area (Å²) in [6.45, 7) is 3.65. The summed E-state index contributed by atoms with van der Waals surface area (Å²) in [5.41, 5.74) is 1.98. The van der Waals surface area contributed by atoms with E-state index in [0.717, 1.165) is 46.0 Å². The van der Waals surface area contributed by atoms with Crippen molar-refractivity contribution in [3.8, 4) is 10.6 Å². The summed E-state index contributed by atoms with van der Waals surface area (Å²) in [4.78, 5) is 22.7. The molecule has 1 aliphatic rings. The molecule has 5 rings (SSSR count). The van der Waals surface area contributed by atoms with Crippen LogP contribution in [0.5, 0.6) is 0 Å². The van der Waals surface area contributed by atoms with Crippen LogP contribution in [0.15, 0.2) is 47.8 Å². The average molecular weight is 523 g/mol. The summed E-state index contributed by atoms with van der Waals surface area (Å²) in [6, 6.07) is 13.3. The van der Waals surface area contributed by atoms with E-state index in [1.54, 1.807) is 17.4 Å². The second-order valence-electron chi connectivity index (χ2n) is 7.58. The van der Waals surface area contributed by atoms with Crippen LogP contribution in [-0.2, 0) is 6.54 Å². The Balaban J connectivity index is 1.23. The first kappa shape index (κ1) is 22.1. The molecule has 1 amide bonds. The molecule has 1 saturated heterocycles. The zero-order chi connectivity index (χ0) is 22.2. The summed E-state index contributed by atoms with van der Waals surface area (Å²) in [7, 11) is 0. The van der Waals surface area contributed by atoms with Crippen LogP contribution < -0.4 is 0 Å². The maximum Gasteiger partial charge on any atom is 0.265 e. The van der Waals surface area contributed by atoms with Crippen LogP contribution in [0.3, 0.4) is 0 Å². The first-order valence-corrected chi connectivity index (χ1v) is 12.9. The van der Waals surface area contributed by atoms with Crippen molar-refractivity contribution < 1.29 is 4.79 Å². The minimum atomic E-state index is -0.0124. The minimum absolute atomic E-state index is 0.0124. The van der Waals surface area contributed by atoms with Gasteiger partial charge in [-0.3, -0.25) is 9.69 Å². The third-order valence-corrected chi connectivity index (χ3v) is 8.62. The van der Waals surface area contributed by atoms with Crippen LogP contribution in [0.25, 0.3) is 20.7 Å². The molecule has 0 saturated carbocycles. The zero-order valence-electron chi connectivity index (χ0n) is 16.9. The van der Waals surface area contributed by atoms with Gasteiger partial charge >= 0.3 is 0 Å². The van der Waals surface area contributed by atoms with Gasteiger partial charge in [-0.15, -0.1) is 22.7 Å². The molecule has 0 aliphatic carbocycles. The second kappa shape index (κ2) is 9.29. The van der Waals surface area contributed by atoms with E-state index in [9.17, 15) is 4.79 Å². The SMILES string of the molecule is O=C(c1sc2cc(Cl)ccc2c1Cl)N1CCN(Cc2csc(-c3ccccc3Cl)n2)CC1. The summed E-state index contributed by atoms with van der Waals surface area (Å²) in [5.74, 6) is -0.0124. The number of nitrogens with zero attached hydrogens (tertiary/aromatic N) is 3. The third kappa shape index (κ3) is 4.40. The Hall–Kier alpha value is -1.67. The Kier molecular flexibility index (Phi) is 6.43. The monoisotopic (exact) mass is 521 g/mol. The lowest BCUT2D eigenvalue weighted by Gasteiger charge is -2.34.